The van der Waals surface area contributed by atoms with Crippen LogP contribution in [0.25, 0.3) is 0 Å². The first-order valence-electron chi connectivity index (χ1n) is 10.9. The van der Waals surface area contributed by atoms with Crippen LogP contribution in [0.1, 0.15) is 30.8 Å². The van der Waals surface area contributed by atoms with Crippen molar-refractivity contribution in [2.45, 2.75) is 37.8 Å². The largest absolute Gasteiger partial charge is 0.480 e. The summed E-state index contributed by atoms with van der Waals surface area (Å²) in [5, 5.41) is 14.5. The molecule has 13 heteroatoms. The third-order valence-electron chi connectivity index (χ3n) is 6.00. The first-order valence-corrected chi connectivity index (χ1v) is 11.8. The van der Waals surface area contributed by atoms with Crippen LogP contribution in [0.3, 0.4) is 0 Å². The number of alkyl halides is 2. The molecule has 192 valence electrons. The van der Waals surface area contributed by atoms with Crippen LogP contribution in [-0.4, -0.2) is 64.4 Å². The molecule has 0 amide bonds. The number of amidine groups is 1. The fourth-order valence-electron chi connectivity index (χ4n) is 4.40. The summed E-state index contributed by atoms with van der Waals surface area (Å²) in [6.45, 7) is 1.76. The quantitative estimate of drug-likeness (QED) is 0.422. The molecule has 0 bridgehead atoms. The minimum Gasteiger partial charge on any atom is -0.480 e. The van der Waals surface area contributed by atoms with Crippen molar-refractivity contribution in [2.24, 2.45) is 4.99 Å². The fourth-order valence-corrected chi connectivity index (χ4v) is 4.98. The fraction of sp³-hybridized carbons (Fsp3) is 0.391. The van der Waals surface area contributed by atoms with E-state index < -0.39 is 60.6 Å². The van der Waals surface area contributed by atoms with Gasteiger partial charge in [0.1, 0.15) is 11.6 Å². The summed E-state index contributed by atoms with van der Waals surface area (Å²) >= 11 is 1.20. The number of carboxylic acid groups (broad SMARTS) is 1. The molecule has 1 aromatic carbocycles. The number of benzene rings is 1. The first kappa shape index (κ1) is 25.8. The normalized spacial score (nSPS) is 23.8. The number of carbonyl (C=O) groups is 2. The van der Waals surface area contributed by atoms with Crippen LogP contribution in [0.2, 0.25) is 0 Å². The van der Waals surface area contributed by atoms with E-state index in [-0.39, 0.29) is 29.3 Å². The molecule has 1 saturated heterocycles. The number of hydrogen-bond donors (Lipinski definition) is 2. The molecular formula is C23H22F4N4O4S. The molecule has 2 unspecified atom stereocenters. The predicted octanol–water partition coefficient (Wildman–Crippen LogP) is 3.30. The van der Waals surface area contributed by atoms with Crippen molar-refractivity contribution in [3.05, 3.63) is 63.3 Å². The first-order chi connectivity index (χ1) is 16.9. The van der Waals surface area contributed by atoms with Gasteiger partial charge in [0, 0.05) is 30.2 Å². The molecule has 2 aliphatic rings. The van der Waals surface area contributed by atoms with Gasteiger partial charge >= 0.3 is 11.9 Å². The maximum atomic E-state index is 14.3. The number of carboxylic acids is 1. The molecule has 2 N–H and O–H groups in total. The molecule has 2 aliphatic heterocycles. The number of thiazole rings is 1. The molecule has 0 radical (unpaired) electrons. The van der Waals surface area contributed by atoms with Gasteiger partial charge in [-0.05, 0) is 31.5 Å². The van der Waals surface area contributed by atoms with Gasteiger partial charge in [0.15, 0.2) is 22.5 Å². The Morgan fingerprint density at radius 2 is 2.06 bits per heavy atom. The smallest absolute Gasteiger partial charge is 0.338 e. The number of esters is 1. The lowest BCUT2D eigenvalue weighted by molar-refractivity contribution is -0.142. The van der Waals surface area contributed by atoms with E-state index in [4.69, 9.17) is 4.74 Å². The van der Waals surface area contributed by atoms with Gasteiger partial charge < -0.3 is 15.2 Å². The molecule has 1 aromatic heterocycles. The topological polar surface area (TPSA) is 104 Å². The molecule has 0 aliphatic carbocycles. The Bertz CT molecular complexity index is 1250. The van der Waals surface area contributed by atoms with E-state index in [2.05, 4.69) is 15.3 Å². The number of nitrogens with one attached hydrogen (secondary N) is 1. The number of ether oxygens (including phenoxy) is 1. The van der Waals surface area contributed by atoms with E-state index in [1.807, 2.05) is 0 Å². The summed E-state index contributed by atoms with van der Waals surface area (Å²) in [7, 11) is 0. The number of hydrogen-bond acceptors (Lipinski definition) is 8. The van der Waals surface area contributed by atoms with Crippen LogP contribution in [-0.2, 0) is 19.9 Å². The Morgan fingerprint density at radius 3 is 2.67 bits per heavy atom. The van der Waals surface area contributed by atoms with Gasteiger partial charge in [0.25, 0.3) is 5.92 Å². The summed E-state index contributed by atoms with van der Waals surface area (Å²) in [6, 6.07) is 1.54. The molecule has 3 heterocycles. The van der Waals surface area contributed by atoms with Crippen molar-refractivity contribution in [1.29, 1.82) is 0 Å². The average Bonchev–Trinajstić information content (AvgIpc) is 3.43. The number of rotatable bonds is 7. The lowest BCUT2D eigenvalue weighted by Crippen LogP contribution is -2.47. The molecule has 4 rings (SSSR count). The summed E-state index contributed by atoms with van der Waals surface area (Å²) in [4.78, 5) is 34.8. The van der Waals surface area contributed by atoms with Gasteiger partial charge in [-0.15, -0.1) is 11.3 Å². The van der Waals surface area contributed by atoms with Crippen molar-refractivity contribution in [3.63, 3.8) is 0 Å². The second-order valence-corrected chi connectivity index (χ2v) is 9.41. The Labute approximate surface area is 207 Å². The van der Waals surface area contributed by atoms with Crippen molar-refractivity contribution in [1.82, 2.24) is 15.2 Å². The van der Waals surface area contributed by atoms with Crippen LogP contribution in [0, 0.1) is 11.6 Å². The number of likely N-dealkylation sites (tertiary alicyclic amines) is 1. The van der Waals surface area contributed by atoms with Gasteiger partial charge in [-0.1, -0.05) is 6.07 Å². The van der Waals surface area contributed by atoms with Gasteiger partial charge in [-0.3, -0.25) is 9.69 Å². The monoisotopic (exact) mass is 526 g/mol. The van der Waals surface area contributed by atoms with Gasteiger partial charge in [-0.25, -0.2) is 32.3 Å². The van der Waals surface area contributed by atoms with E-state index in [1.54, 1.807) is 12.3 Å². The van der Waals surface area contributed by atoms with E-state index >= 15 is 0 Å². The Morgan fingerprint density at radius 1 is 1.31 bits per heavy atom. The predicted molar refractivity (Wildman–Crippen MR) is 122 cm³/mol. The summed E-state index contributed by atoms with van der Waals surface area (Å²) in [6.07, 6.45) is 0.614. The number of aliphatic carboxylic acids is 1. The number of halogens is 4. The number of carbonyl (C=O) groups excluding carboxylic acids is 1. The molecule has 2 atom stereocenters. The summed E-state index contributed by atoms with van der Waals surface area (Å²) in [5.41, 5.74) is -1.65. The standard InChI is InChI=1S/C23H22F4N4O4S/c1-3-35-21(34)17-15(10-31-11-23(26,27)9-16(31)20(32)33)29-18(19-28-6-7-36-19)30-22(17,2)12-4-5-13(24)14(25)8-12/h4-8,16H,3,9-11H2,1-2H3,(H,29,30)(H,32,33). The third-order valence-corrected chi connectivity index (χ3v) is 6.78. The zero-order valence-corrected chi connectivity index (χ0v) is 20.0. The maximum absolute atomic E-state index is 14.3. The maximum Gasteiger partial charge on any atom is 0.338 e. The minimum atomic E-state index is -3.25. The summed E-state index contributed by atoms with van der Waals surface area (Å²) < 4.78 is 61.6. The molecule has 1 fully saturated rings. The van der Waals surface area contributed by atoms with Crippen LogP contribution < -0.4 is 5.32 Å². The van der Waals surface area contributed by atoms with Crippen LogP contribution in [0.4, 0.5) is 17.6 Å². The highest BCUT2D eigenvalue weighted by Crippen LogP contribution is 2.41. The van der Waals surface area contributed by atoms with Gasteiger partial charge in [0.05, 0.1) is 18.7 Å². The number of aromatic nitrogens is 1. The van der Waals surface area contributed by atoms with Crippen molar-refractivity contribution in [3.8, 4) is 0 Å². The van der Waals surface area contributed by atoms with E-state index in [0.29, 0.717) is 5.01 Å². The second-order valence-electron chi connectivity index (χ2n) is 8.52. The van der Waals surface area contributed by atoms with Crippen molar-refractivity contribution < 1.29 is 37.0 Å². The third kappa shape index (κ3) is 4.85. The van der Waals surface area contributed by atoms with E-state index in [0.717, 1.165) is 17.0 Å². The van der Waals surface area contributed by atoms with Crippen LogP contribution >= 0.6 is 11.3 Å². The molecule has 0 spiro atoms. The lowest BCUT2D eigenvalue weighted by Gasteiger charge is -2.36. The number of nitrogens with zero attached hydrogens (tertiary/aromatic N) is 3. The van der Waals surface area contributed by atoms with E-state index in [9.17, 15) is 32.3 Å². The highest BCUT2D eigenvalue weighted by atomic mass is 32.1. The lowest BCUT2D eigenvalue weighted by atomic mass is 9.82. The Hall–Kier alpha value is -3.32. The molecular weight excluding hydrogens is 504 g/mol. The zero-order valence-electron chi connectivity index (χ0n) is 19.2. The molecule has 2 aromatic rings. The second kappa shape index (κ2) is 9.62. The molecule has 8 nitrogen and oxygen atoms in total. The Kier molecular flexibility index (Phi) is 6.88. The van der Waals surface area contributed by atoms with Crippen molar-refractivity contribution in [2.75, 3.05) is 19.7 Å². The van der Waals surface area contributed by atoms with Crippen LogP contribution in [0.5, 0.6) is 0 Å². The average molecular weight is 527 g/mol. The molecule has 0 saturated carbocycles. The highest BCUT2D eigenvalue weighted by molar-refractivity contribution is 7.11. The minimum absolute atomic E-state index is 0.0357. The van der Waals surface area contributed by atoms with Gasteiger partial charge in [-0.2, -0.15) is 0 Å². The molecule has 36 heavy (non-hydrogen) atoms. The SMILES string of the molecule is CCOC(=O)C1=C(CN2CC(F)(F)CC2C(=O)O)NC(c2nccs2)=NC1(C)c1ccc(F)c(F)c1. The summed E-state index contributed by atoms with van der Waals surface area (Å²) in [5.74, 6) is -7.68. The zero-order chi connectivity index (χ0) is 26.3. The van der Waals surface area contributed by atoms with Gasteiger partial charge in [0.2, 0.25) is 0 Å². The van der Waals surface area contributed by atoms with E-state index in [1.165, 1.54) is 30.5 Å². The van der Waals surface area contributed by atoms with Crippen LogP contribution in [0.15, 0.2) is 46.0 Å². The Balaban J connectivity index is 1.90. The number of aliphatic imine (C=N–C) groups is 1. The van der Waals surface area contributed by atoms with Crippen molar-refractivity contribution >= 4 is 29.1 Å². The highest BCUT2D eigenvalue weighted by Gasteiger charge is 2.50.